The molecule has 0 aromatic heterocycles. The minimum atomic E-state index is -0.858. The van der Waals surface area contributed by atoms with Gasteiger partial charge in [-0.1, -0.05) is 24.3 Å². The summed E-state index contributed by atoms with van der Waals surface area (Å²) in [5, 5.41) is 10.0. The third-order valence-corrected chi connectivity index (χ3v) is 5.20. The summed E-state index contributed by atoms with van der Waals surface area (Å²) < 4.78 is 18.0. The van der Waals surface area contributed by atoms with Crippen molar-refractivity contribution in [2.45, 2.75) is 58.3 Å². The first-order valence-corrected chi connectivity index (χ1v) is 8.94. The fourth-order valence-corrected chi connectivity index (χ4v) is 2.74. The van der Waals surface area contributed by atoms with Gasteiger partial charge in [-0.15, -0.1) is 0 Å². The Bertz CT molecular complexity index is 742. The van der Waals surface area contributed by atoms with Crippen molar-refractivity contribution in [3.63, 3.8) is 0 Å². The minimum Gasteiger partial charge on any atom is -0.457 e. The molecule has 5 heteroatoms. The Morgan fingerprint density at radius 3 is 1.65 bits per heavy atom. The van der Waals surface area contributed by atoms with Gasteiger partial charge in [0.25, 0.3) is 0 Å². The molecule has 0 radical (unpaired) electrons. The monoisotopic (exact) mass is 354 g/mol. The summed E-state index contributed by atoms with van der Waals surface area (Å²) in [4.78, 5) is 0. The molecule has 1 heterocycles. The number of benzene rings is 2. The predicted octanol–water partition coefficient (Wildman–Crippen LogP) is 4.01. The maximum atomic E-state index is 10.0. The van der Waals surface area contributed by atoms with Crippen LogP contribution in [0.2, 0.25) is 0 Å². The summed E-state index contributed by atoms with van der Waals surface area (Å²) in [5.74, 6) is 1.46. The molecule has 0 amide bonds. The highest BCUT2D eigenvalue weighted by Crippen LogP contribution is 2.36. The molecule has 1 N–H and O–H groups in total. The second-order valence-corrected chi connectivity index (χ2v) is 8.34. The fraction of sp³-hybridized carbons (Fsp3) is 0.429. The Hall–Kier alpha value is -1.82. The first-order valence-electron chi connectivity index (χ1n) is 8.94. The normalized spacial score (nSPS) is 18.8. The Kier molecular flexibility index (Phi) is 4.68. The van der Waals surface area contributed by atoms with Crippen LogP contribution in [0.1, 0.15) is 47.1 Å². The quantitative estimate of drug-likeness (QED) is 0.843. The summed E-state index contributed by atoms with van der Waals surface area (Å²) in [6.07, 6.45) is 0. The van der Waals surface area contributed by atoms with Gasteiger partial charge in [0.1, 0.15) is 11.5 Å². The molecule has 0 spiro atoms. The zero-order valence-corrected chi connectivity index (χ0v) is 16.4. The Balaban J connectivity index is 1.69. The van der Waals surface area contributed by atoms with E-state index in [4.69, 9.17) is 14.0 Å². The zero-order valence-electron chi connectivity index (χ0n) is 16.4. The molecule has 138 valence electrons. The average molecular weight is 354 g/mol. The second-order valence-electron chi connectivity index (χ2n) is 8.34. The SMILES string of the molecule is CC(C)(O)c1ccc(Oc2ccc(B3OC(C)(C)C(C)(C)O3)cc2)cc1. The van der Waals surface area contributed by atoms with Crippen molar-refractivity contribution in [3.05, 3.63) is 54.1 Å². The smallest absolute Gasteiger partial charge is 0.457 e. The molecular weight excluding hydrogens is 327 g/mol. The standard InChI is InChI=1S/C21H27BO4/c1-19(2,23)15-7-11-17(12-8-15)24-18-13-9-16(10-14-18)22-25-20(3,4)21(5,6)26-22/h7-14,23H,1-6H3. The van der Waals surface area contributed by atoms with E-state index in [9.17, 15) is 5.11 Å². The van der Waals surface area contributed by atoms with Crippen LogP contribution in [-0.4, -0.2) is 23.4 Å². The third kappa shape index (κ3) is 3.80. The van der Waals surface area contributed by atoms with Crippen LogP contribution in [-0.2, 0) is 14.9 Å². The summed E-state index contributed by atoms with van der Waals surface area (Å²) in [5.41, 5.74) is 0.252. The van der Waals surface area contributed by atoms with Crippen LogP contribution in [0.15, 0.2) is 48.5 Å². The van der Waals surface area contributed by atoms with Gasteiger partial charge in [-0.05, 0) is 76.8 Å². The molecule has 26 heavy (non-hydrogen) atoms. The maximum absolute atomic E-state index is 10.0. The van der Waals surface area contributed by atoms with Gasteiger partial charge in [0.15, 0.2) is 0 Å². The fourth-order valence-electron chi connectivity index (χ4n) is 2.74. The molecule has 1 saturated heterocycles. The van der Waals surface area contributed by atoms with Crippen molar-refractivity contribution in [1.82, 2.24) is 0 Å². The van der Waals surface area contributed by atoms with Gasteiger partial charge in [-0.3, -0.25) is 0 Å². The van der Waals surface area contributed by atoms with E-state index in [1.54, 1.807) is 13.8 Å². The molecule has 0 atom stereocenters. The van der Waals surface area contributed by atoms with Crippen molar-refractivity contribution in [1.29, 1.82) is 0 Å². The molecule has 3 rings (SSSR count). The third-order valence-electron chi connectivity index (χ3n) is 5.20. The molecule has 1 aliphatic heterocycles. The van der Waals surface area contributed by atoms with Gasteiger partial charge < -0.3 is 19.2 Å². The highest BCUT2D eigenvalue weighted by molar-refractivity contribution is 6.62. The minimum absolute atomic E-state index is 0.352. The molecule has 0 unspecified atom stereocenters. The lowest BCUT2D eigenvalue weighted by molar-refractivity contribution is 0.00578. The highest BCUT2D eigenvalue weighted by Gasteiger charge is 2.51. The van der Waals surface area contributed by atoms with Crippen LogP contribution in [0.5, 0.6) is 11.5 Å². The maximum Gasteiger partial charge on any atom is 0.494 e. The lowest BCUT2D eigenvalue weighted by Gasteiger charge is -2.32. The largest absolute Gasteiger partial charge is 0.494 e. The topological polar surface area (TPSA) is 47.9 Å². The van der Waals surface area contributed by atoms with E-state index in [-0.39, 0.29) is 18.3 Å². The van der Waals surface area contributed by atoms with Crippen molar-refractivity contribution in [3.8, 4) is 11.5 Å². The Morgan fingerprint density at radius 2 is 1.23 bits per heavy atom. The van der Waals surface area contributed by atoms with E-state index in [0.29, 0.717) is 0 Å². The van der Waals surface area contributed by atoms with Gasteiger partial charge in [-0.25, -0.2) is 0 Å². The molecule has 1 aliphatic rings. The molecule has 0 saturated carbocycles. The van der Waals surface area contributed by atoms with E-state index in [0.717, 1.165) is 22.5 Å². The van der Waals surface area contributed by atoms with Crippen molar-refractivity contribution < 1.29 is 19.2 Å². The van der Waals surface area contributed by atoms with Crippen LogP contribution in [0.4, 0.5) is 0 Å². The lowest BCUT2D eigenvalue weighted by Crippen LogP contribution is -2.41. The number of ether oxygens (including phenoxy) is 1. The summed E-state index contributed by atoms with van der Waals surface area (Å²) in [7, 11) is -0.375. The van der Waals surface area contributed by atoms with Gasteiger partial charge >= 0.3 is 7.12 Å². The van der Waals surface area contributed by atoms with E-state index >= 15 is 0 Å². The van der Waals surface area contributed by atoms with Crippen LogP contribution < -0.4 is 10.2 Å². The zero-order chi connectivity index (χ0) is 19.2. The number of rotatable bonds is 4. The number of aliphatic hydroxyl groups is 1. The first kappa shape index (κ1) is 19.0. The van der Waals surface area contributed by atoms with Crippen LogP contribution >= 0.6 is 0 Å². The summed E-state index contributed by atoms with van der Waals surface area (Å²) >= 11 is 0. The van der Waals surface area contributed by atoms with Gasteiger partial charge in [0.05, 0.1) is 16.8 Å². The number of hydrogen-bond donors (Lipinski definition) is 1. The van der Waals surface area contributed by atoms with Crippen molar-refractivity contribution >= 4 is 12.6 Å². The van der Waals surface area contributed by atoms with E-state index in [1.807, 2.05) is 76.2 Å². The van der Waals surface area contributed by atoms with Crippen LogP contribution in [0.25, 0.3) is 0 Å². The Morgan fingerprint density at radius 1 is 0.808 bits per heavy atom. The van der Waals surface area contributed by atoms with E-state index in [1.165, 1.54) is 0 Å². The Labute approximate surface area is 156 Å². The summed E-state index contributed by atoms with van der Waals surface area (Å²) in [6, 6.07) is 15.2. The second kappa shape index (κ2) is 6.41. The molecule has 2 aromatic rings. The number of hydrogen-bond acceptors (Lipinski definition) is 4. The predicted molar refractivity (Wildman–Crippen MR) is 104 cm³/mol. The molecule has 1 fully saturated rings. The van der Waals surface area contributed by atoms with Crippen molar-refractivity contribution in [2.24, 2.45) is 0 Å². The van der Waals surface area contributed by atoms with Gasteiger partial charge in [0.2, 0.25) is 0 Å². The lowest BCUT2D eigenvalue weighted by atomic mass is 9.79. The van der Waals surface area contributed by atoms with E-state index in [2.05, 4.69) is 0 Å². The van der Waals surface area contributed by atoms with E-state index < -0.39 is 5.60 Å². The van der Waals surface area contributed by atoms with Crippen molar-refractivity contribution in [2.75, 3.05) is 0 Å². The van der Waals surface area contributed by atoms with Crippen LogP contribution in [0.3, 0.4) is 0 Å². The molecule has 0 aliphatic carbocycles. The first-order chi connectivity index (χ1) is 12.0. The molecular formula is C21H27BO4. The summed E-state index contributed by atoms with van der Waals surface area (Å²) in [6.45, 7) is 11.7. The average Bonchev–Trinajstić information content (AvgIpc) is 2.76. The van der Waals surface area contributed by atoms with Gasteiger partial charge in [-0.2, -0.15) is 0 Å². The molecule has 0 bridgehead atoms. The van der Waals surface area contributed by atoms with Crippen LogP contribution in [0, 0.1) is 0 Å². The molecule has 2 aromatic carbocycles. The molecule has 4 nitrogen and oxygen atoms in total. The highest BCUT2D eigenvalue weighted by atomic mass is 16.7. The van der Waals surface area contributed by atoms with Gasteiger partial charge in [0, 0.05) is 0 Å².